The molecule has 2 unspecified atom stereocenters. The van der Waals surface area contributed by atoms with Crippen molar-refractivity contribution >= 4 is 28.8 Å². The maximum atomic E-state index is 12.1. The summed E-state index contributed by atoms with van der Waals surface area (Å²) in [5, 5.41) is 7.17. The lowest BCUT2D eigenvalue weighted by atomic mass is 10.2. The number of piperazine rings is 1. The number of hydrogen-bond acceptors (Lipinski definition) is 6. The zero-order valence-electron chi connectivity index (χ0n) is 14.3. The summed E-state index contributed by atoms with van der Waals surface area (Å²) in [5.41, 5.74) is 1.27. The second kappa shape index (κ2) is 6.31. The van der Waals surface area contributed by atoms with Gasteiger partial charge in [0.25, 0.3) is 5.56 Å². The van der Waals surface area contributed by atoms with Gasteiger partial charge in [0.05, 0.1) is 11.9 Å². The molecule has 2 aliphatic heterocycles. The number of fused-ring (bicyclic) bond motifs is 2. The molecule has 0 spiro atoms. The Balaban J connectivity index is 1.54. The number of halogens is 1. The summed E-state index contributed by atoms with van der Waals surface area (Å²) in [6.45, 7) is 2.20. The average molecular weight is 361 g/mol. The van der Waals surface area contributed by atoms with Crippen molar-refractivity contribution < 1.29 is 0 Å². The minimum Gasteiger partial charge on any atom is -0.362 e. The van der Waals surface area contributed by atoms with E-state index >= 15 is 0 Å². The number of anilines is 3. The van der Waals surface area contributed by atoms with Crippen LogP contribution in [-0.2, 0) is 7.05 Å². The summed E-state index contributed by atoms with van der Waals surface area (Å²) in [4.78, 5) is 21.5. The van der Waals surface area contributed by atoms with Crippen LogP contribution in [0, 0.1) is 0 Å². The molecule has 25 heavy (non-hydrogen) atoms. The number of nitrogens with one attached hydrogen (secondary N) is 1. The Morgan fingerprint density at radius 2 is 1.92 bits per heavy atom. The molecule has 2 fully saturated rings. The highest BCUT2D eigenvalue weighted by Crippen LogP contribution is 2.34. The van der Waals surface area contributed by atoms with Crippen LogP contribution >= 0.6 is 11.6 Å². The Morgan fingerprint density at radius 1 is 1.20 bits per heavy atom. The van der Waals surface area contributed by atoms with Crippen LogP contribution in [0.4, 0.5) is 17.2 Å². The standard InChI is InChI=1S/C17H21ClN6O/c1-22-9-12-3-4-13(10-22)24(12)11-5-6-16(19-8-11)20-14-7-15(18)21-23(2)17(14)25/h5-8,12-13H,3-4,9-10H2,1-2H3,(H,19,20). The Labute approximate surface area is 151 Å². The van der Waals surface area contributed by atoms with Gasteiger partial charge < -0.3 is 15.1 Å². The monoisotopic (exact) mass is 360 g/mol. The molecule has 0 amide bonds. The Kier molecular flexibility index (Phi) is 4.13. The van der Waals surface area contributed by atoms with Crippen LogP contribution in [-0.4, -0.2) is 51.9 Å². The predicted octanol–water partition coefficient (Wildman–Crippen LogP) is 1.86. The molecular weight excluding hydrogens is 340 g/mol. The van der Waals surface area contributed by atoms with Crippen molar-refractivity contribution in [1.82, 2.24) is 19.7 Å². The third-order valence-corrected chi connectivity index (χ3v) is 5.19. The molecule has 2 aliphatic rings. The van der Waals surface area contributed by atoms with Crippen molar-refractivity contribution in [1.29, 1.82) is 0 Å². The minimum absolute atomic E-state index is 0.243. The highest BCUT2D eigenvalue weighted by molar-refractivity contribution is 6.29. The van der Waals surface area contributed by atoms with Gasteiger partial charge in [-0.1, -0.05) is 11.6 Å². The van der Waals surface area contributed by atoms with E-state index in [9.17, 15) is 4.79 Å². The molecule has 4 rings (SSSR count). The van der Waals surface area contributed by atoms with Gasteiger partial charge in [-0.2, -0.15) is 5.10 Å². The van der Waals surface area contributed by atoms with Crippen LogP contribution in [0.15, 0.2) is 29.2 Å². The molecule has 0 saturated carbocycles. The van der Waals surface area contributed by atoms with E-state index in [1.807, 2.05) is 12.3 Å². The first-order chi connectivity index (χ1) is 12.0. The van der Waals surface area contributed by atoms with E-state index in [2.05, 4.69) is 38.3 Å². The van der Waals surface area contributed by atoms with Gasteiger partial charge in [0.1, 0.15) is 11.5 Å². The molecule has 2 aromatic rings. The summed E-state index contributed by atoms with van der Waals surface area (Å²) in [5.74, 6) is 0.615. The predicted molar refractivity (Wildman–Crippen MR) is 98.8 cm³/mol. The highest BCUT2D eigenvalue weighted by Gasteiger charge is 2.38. The topological polar surface area (TPSA) is 66.3 Å². The van der Waals surface area contributed by atoms with Gasteiger partial charge in [0.15, 0.2) is 5.15 Å². The van der Waals surface area contributed by atoms with Crippen molar-refractivity contribution in [2.75, 3.05) is 30.4 Å². The zero-order chi connectivity index (χ0) is 17.6. The number of hydrogen-bond donors (Lipinski definition) is 1. The van der Waals surface area contributed by atoms with E-state index in [1.165, 1.54) is 23.6 Å². The average Bonchev–Trinajstić information content (AvgIpc) is 2.84. The van der Waals surface area contributed by atoms with Crippen molar-refractivity contribution in [2.24, 2.45) is 7.05 Å². The minimum atomic E-state index is -0.243. The molecule has 0 radical (unpaired) electrons. The van der Waals surface area contributed by atoms with E-state index in [1.54, 1.807) is 7.05 Å². The van der Waals surface area contributed by atoms with Gasteiger partial charge in [-0.25, -0.2) is 9.67 Å². The zero-order valence-corrected chi connectivity index (χ0v) is 15.1. The summed E-state index contributed by atoms with van der Waals surface area (Å²) < 4.78 is 1.21. The number of pyridine rings is 1. The van der Waals surface area contributed by atoms with Gasteiger partial charge in [-0.05, 0) is 32.0 Å². The summed E-state index contributed by atoms with van der Waals surface area (Å²) in [6.07, 6.45) is 4.35. The van der Waals surface area contributed by atoms with Crippen LogP contribution in [0.25, 0.3) is 0 Å². The molecule has 0 aliphatic carbocycles. The Hall–Kier alpha value is -2.12. The molecule has 132 valence electrons. The first-order valence-corrected chi connectivity index (χ1v) is 8.83. The summed E-state index contributed by atoms with van der Waals surface area (Å²) in [6, 6.07) is 6.62. The molecule has 2 bridgehead atoms. The molecule has 1 N–H and O–H groups in total. The maximum Gasteiger partial charge on any atom is 0.290 e. The van der Waals surface area contributed by atoms with E-state index in [-0.39, 0.29) is 10.7 Å². The van der Waals surface area contributed by atoms with Gasteiger partial charge in [0, 0.05) is 38.3 Å². The number of aromatic nitrogens is 3. The number of rotatable bonds is 3. The van der Waals surface area contributed by atoms with Crippen LogP contribution in [0.5, 0.6) is 0 Å². The van der Waals surface area contributed by atoms with Gasteiger partial charge in [-0.15, -0.1) is 0 Å². The largest absolute Gasteiger partial charge is 0.362 e. The lowest BCUT2D eigenvalue weighted by molar-refractivity contribution is 0.264. The van der Waals surface area contributed by atoms with Gasteiger partial charge >= 0.3 is 0 Å². The van der Waals surface area contributed by atoms with Crippen LogP contribution in [0.3, 0.4) is 0 Å². The van der Waals surface area contributed by atoms with E-state index in [0.29, 0.717) is 23.6 Å². The fourth-order valence-electron chi connectivity index (χ4n) is 3.95. The number of aryl methyl sites for hydroxylation is 1. The molecule has 2 saturated heterocycles. The molecule has 0 aromatic carbocycles. The lowest BCUT2D eigenvalue weighted by Gasteiger charge is -2.41. The Bertz CT molecular complexity index is 822. The third kappa shape index (κ3) is 3.09. The van der Waals surface area contributed by atoms with Gasteiger partial charge in [-0.3, -0.25) is 4.79 Å². The molecule has 2 atom stereocenters. The fourth-order valence-corrected chi connectivity index (χ4v) is 4.17. The second-order valence-corrected chi connectivity index (χ2v) is 7.24. The van der Waals surface area contributed by atoms with E-state index < -0.39 is 0 Å². The van der Waals surface area contributed by atoms with Crippen molar-refractivity contribution in [3.05, 3.63) is 39.9 Å². The van der Waals surface area contributed by atoms with E-state index in [4.69, 9.17) is 11.6 Å². The number of likely N-dealkylation sites (N-methyl/N-ethyl adjacent to an activating group) is 1. The van der Waals surface area contributed by atoms with Crippen molar-refractivity contribution in [3.63, 3.8) is 0 Å². The first-order valence-electron chi connectivity index (χ1n) is 8.45. The van der Waals surface area contributed by atoms with Crippen LogP contribution in [0.1, 0.15) is 12.8 Å². The van der Waals surface area contributed by atoms with Crippen molar-refractivity contribution in [3.8, 4) is 0 Å². The molecule has 4 heterocycles. The third-order valence-electron chi connectivity index (χ3n) is 5.01. The molecule has 2 aromatic heterocycles. The normalized spacial score (nSPS) is 23.1. The smallest absolute Gasteiger partial charge is 0.290 e. The maximum absolute atomic E-state index is 12.1. The lowest BCUT2D eigenvalue weighted by Crippen LogP contribution is -2.52. The summed E-state index contributed by atoms with van der Waals surface area (Å²) in [7, 11) is 3.76. The van der Waals surface area contributed by atoms with Gasteiger partial charge in [0.2, 0.25) is 0 Å². The highest BCUT2D eigenvalue weighted by atomic mass is 35.5. The molecule has 8 heteroatoms. The van der Waals surface area contributed by atoms with Crippen LogP contribution < -0.4 is 15.8 Å². The fraction of sp³-hybridized carbons (Fsp3) is 0.471. The quantitative estimate of drug-likeness (QED) is 0.901. The number of likely N-dealkylation sites (tertiary alicyclic amines) is 1. The molecular formula is C17H21ClN6O. The SMILES string of the molecule is CN1CC2CCC(C1)N2c1ccc(Nc2cc(Cl)nn(C)c2=O)nc1. The molecule has 7 nitrogen and oxygen atoms in total. The second-order valence-electron chi connectivity index (χ2n) is 6.85. The number of nitrogens with zero attached hydrogens (tertiary/aromatic N) is 5. The van der Waals surface area contributed by atoms with Crippen LogP contribution in [0.2, 0.25) is 5.15 Å². The van der Waals surface area contributed by atoms with Crippen molar-refractivity contribution in [2.45, 2.75) is 24.9 Å². The summed E-state index contributed by atoms with van der Waals surface area (Å²) >= 11 is 5.92. The van der Waals surface area contributed by atoms with E-state index in [0.717, 1.165) is 18.8 Å². The Morgan fingerprint density at radius 3 is 2.56 bits per heavy atom. The first kappa shape index (κ1) is 16.4.